The van der Waals surface area contributed by atoms with Crippen molar-refractivity contribution in [3.05, 3.63) is 59.1 Å². The van der Waals surface area contributed by atoms with Gasteiger partial charge in [-0.1, -0.05) is 23.7 Å². The number of halogens is 1. The summed E-state index contributed by atoms with van der Waals surface area (Å²) in [7, 11) is 0. The van der Waals surface area contributed by atoms with E-state index in [2.05, 4.69) is 5.32 Å². The maximum Gasteiger partial charge on any atom is 0.248 e. The number of primary amides is 1. The second-order valence-electron chi connectivity index (χ2n) is 5.79. The summed E-state index contributed by atoms with van der Waals surface area (Å²) in [4.78, 5) is 37.3. The van der Waals surface area contributed by atoms with Gasteiger partial charge in [0.2, 0.25) is 17.7 Å². The first-order valence-corrected chi connectivity index (χ1v) is 8.09. The summed E-state index contributed by atoms with van der Waals surface area (Å²) in [6.45, 7) is 0.272. The number of amides is 3. The zero-order chi connectivity index (χ0) is 18.0. The van der Waals surface area contributed by atoms with Crippen molar-refractivity contribution in [1.82, 2.24) is 0 Å². The van der Waals surface area contributed by atoms with Gasteiger partial charge in [0.1, 0.15) is 0 Å². The highest BCUT2D eigenvalue weighted by molar-refractivity contribution is 6.33. The number of nitrogens with one attached hydrogen (secondary N) is 1. The Morgan fingerprint density at radius 1 is 1.12 bits per heavy atom. The van der Waals surface area contributed by atoms with Crippen LogP contribution in [0.1, 0.15) is 16.8 Å². The lowest BCUT2D eigenvalue weighted by atomic mass is 10.1. The highest BCUT2D eigenvalue weighted by atomic mass is 35.5. The van der Waals surface area contributed by atoms with Gasteiger partial charge in [0.15, 0.2) is 0 Å². The lowest BCUT2D eigenvalue weighted by Crippen LogP contribution is -2.28. The highest BCUT2D eigenvalue weighted by Gasteiger charge is 2.35. The van der Waals surface area contributed by atoms with Crippen LogP contribution < -0.4 is 16.0 Å². The lowest BCUT2D eigenvalue weighted by Gasteiger charge is -2.18. The van der Waals surface area contributed by atoms with Crippen LogP contribution in [0.2, 0.25) is 5.02 Å². The molecule has 25 heavy (non-hydrogen) atoms. The summed E-state index contributed by atoms with van der Waals surface area (Å²) in [5.74, 6) is -1.40. The standard InChI is InChI=1S/C18H16ClN3O3/c19-14-3-1-2-4-15(14)22-10-12(9-16(22)23)18(25)21-13-7-5-11(6-8-13)17(20)24/h1-8,12H,9-10H2,(H2,20,24)(H,21,25). The van der Waals surface area contributed by atoms with Gasteiger partial charge < -0.3 is 16.0 Å². The van der Waals surface area contributed by atoms with Crippen LogP contribution in [-0.4, -0.2) is 24.3 Å². The van der Waals surface area contributed by atoms with Gasteiger partial charge in [-0.05, 0) is 36.4 Å². The van der Waals surface area contributed by atoms with E-state index in [9.17, 15) is 14.4 Å². The van der Waals surface area contributed by atoms with Gasteiger partial charge in [-0.15, -0.1) is 0 Å². The number of carbonyl (C=O) groups is 3. The molecule has 0 saturated carbocycles. The van der Waals surface area contributed by atoms with E-state index in [1.807, 2.05) is 0 Å². The normalized spacial score (nSPS) is 16.8. The second kappa shape index (κ2) is 6.94. The van der Waals surface area contributed by atoms with E-state index in [1.165, 1.54) is 17.0 Å². The molecule has 1 unspecified atom stereocenters. The molecule has 3 rings (SSSR count). The SMILES string of the molecule is NC(=O)c1ccc(NC(=O)C2CC(=O)N(c3ccccc3Cl)C2)cc1. The molecule has 0 aromatic heterocycles. The third kappa shape index (κ3) is 3.64. The molecule has 1 saturated heterocycles. The minimum Gasteiger partial charge on any atom is -0.366 e. The molecule has 6 nitrogen and oxygen atoms in total. The molecule has 7 heteroatoms. The third-order valence-electron chi connectivity index (χ3n) is 4.08. The number of carbonyl (C=O) groups excluding carboxylic acids is 3. The summed E-state index contributed by atoms with van der Waals surface area (Å²) in [6, 6.07) is 13.3. The van der Waals surface area contributed by atoms with Crippen molar-refractivity contribution in [2.75, 3.05) is 16.8 Å². The fourth-order valence-electron chi connectivity index (χ4n) is 2.75. The molecule has 2 aromatic rings. The first-order valence-electron chi connectivity index (χ1n) is 7.71. The number of nitrogens with zero attached hydrogens (tertiary/aromatic N) is 1. The molecule has 0 radical (unpaired) electrons. The maximum absolute atomic E-state index is 12.4. The summed E-state index contributed by atoms with van der Waals surface area (Å²) in [5, 5.41) is 3.23. The molecule has 3 N–H and O–H groups in total. The van der Waals surface area contributed by atoms with Crippen molar-refractivity contribution in [1.29, 1.82) is 0 Å². The van der Waals surface area contributed by atoms with Gasteiger partial charge in [0.25, 0.3) is 0 Å². The van der Waals surface area contributed by atoms with Crippen molar-refractivity contribution in [2.45, 2.75) is 6.42 Å². The van der Waals surface area contributed by atoms with Gasteiger partial charge in [-0.2, -0.15) is 0 Å². The van der Waals surface area contributed by atoms with Gasteiger partial charge in [0, 0.05) is 24.2 Å². The second-order valence-corrected chi connectivity index (χ2v) is 6.19. The molecular weight excluding hydrogens is 342 g/mol. The fourth-order valence-corrected chi connectivity index (χ4v) is 2.99. The molecule has 1 aliphatic rings. The van der Waals surface area contributed by atoms with Crippen LogP contribution in [0.4, 0.5) is 11.4 Å². The molecule has 1 aliphatic heterocycles. The number of anilines is 2. The Kier molecular flexibility index (Phi) is 4.72. The van der Waals surface area contributed by atoms with Gasteiger partial charge in [0.05, 0.1) is 16.6 Å². The summed E-state index contributed by atoms with van der Waals surface area (Å²) < 4.78 is 0. The Hall–Kier alpha value is -2.86. The Balaban J connectivity index is 1.68. The van der Waals surface area contributed by atoms with E-state index in [1.54, 1.807) is 36.4 Å². The molecule has 2 aromatic carbocycles. The van der Waals surface area contributed by atoms with Gasteiger partial charge in [-0.25, -0.2) is 0 Å². The third-order valence-corrected chi connectivity index (χ3v) is 4.40. The van der Waals surface area contributed by atoms with Crippen LogP contribution in [-0.2, 0) is 9.59 Å². The topological polar surface area (TPSA) is 92.5 Å². The van der Waals surface area contributed by atoms with Crippen LogP contribution in [0, 0.1) is 5.92 Å². The molecular formula is C18H16ClN3O3. The van der Waals surface area contributed by atoms with Crippen LogP contribution in [0.25, 0.3) is 0 Å². The Morgan fingerprint density at radius 2 is 1.80 bits per heavy atom. The zero-order valence-corrected chi connectivity index (χ0v) is 14.0. The van der Waals surface area contributed by atoms with Crippen LogP contribution in [0.3, 0.4) is 0 Å². The fraction of sp³-hybridized carbons (Fsp3) is 0.167. The lowest BCUT2D eigenvalue weighted by molar-refractivity contribution is -0.122. The van der Waals surface area contributed by atoms with E-state index < -0.39 is 11.8 Å². The van der Waals surface area contributed by atoms with E-state index >= 15 is 0 Å². The van der Waals surface area contributed by atoms with E-state index in [-0.39, 0.29) is 24.8 Å². The number of para-hydroxylation sites is 1. The number of hydrogen-bond donors (Lipinski definition) is 2. The number of nitrogens with two attached hydrogens (primary N) is 1. The molecule has 0 bridgehead atoms. The van der Waals surface area contributed by atoms with Crippen LogP contribution >= 0.6 is 11.6 Å². The van der Waals surface area contributed by atoms with Crippen LogP contribution in [0.15, 0.2) is 48.5 Å². The van der Waals surface area contributed by atoms with E-state index in [0.717, 1.165) is 0 Å². The quantitative estimate of drug-likeness (QED) is 0.880. The van der Waals surface area contributed by atoms with Gasteiger partial charge in [-0.3, -0.25) is 14.4 Å². The Bertz CT molecular complexity index is 836. The van der Waals surface area contributed by atoms with Crippen molar-refractivity contribution in [2.24, 2.45) is 11.7 Å². The summed E-state index contributed by atoms with van der Waals surface area (Å²) in [6.07, 6.45) is 0.121. The molecule has 1 fully saturated rings. The first kappa shape index (κ1) is 17.0. The molecule has 0 aliphatic carbocycles. The molecule has 1 atom stereocenters. The Labute approximate surface area is 149 Å². The maximum atomic E-state index is 12.4. The van der Waals surface area contributed by atoms with E-state index in [0.29, 0.717) is 22.0 Å². The molecule has 128 valence electrons. The average molecular weight is 358 g/mol. The number of hydrogen-bond acceptors (Lipinski definition) is 3. The summed E-state index contributed by atoms with van der Waals surface area (Å²) in [5.41, 5.74) is 6.69. The van der Waals surface area contributed by atoms with Gasteiger partial charge >= 0.3 is 0 Å². The predicted molar refractivity (Wildman–Crippen MR) is 95.5 cm³/mol. The van der Waals surface area contributed by atoms with Crippen molar-refractivity contribution in [3.63, 3.8) is 0 Å². The first-order chi connectivity index (χ1) is 12.0. The van der Waals surface area contributed by atoms with Crippen LogP contribution in [0.5, 0.6) is 0 Å². The number of rotatable bonds is 4. The Morgan fingerprint density at radius 3 is 2.44 bits per heavy atom. The van der Waals surface area contributed by atoms with Crippen molar-refractivity contribution < 1.29 is 14.4 Å². The predicted octanol–water partition coefficient (Wildman–Crippen LogP) is 2.43. The molecule has 1 heterocycles. The molecule has 3 amide bonds. The largest absolute Gasteiger partial charge is 0.366 e. The van der Waals surface area contributed by atoms with Crippen molar-refractivity contribution >= 4 is 40.7 Å². The zero-order valence-electron chi connectivity index (χ0n) is 13.2. The summed E-state index contributed by atoms with van der Waals surface area (Å²) >= 11 is 6.13. The van der Waals surface area contributed by atoms with E-state index in [4.69, 9.17) is 17.3 Å². The monoisotopic (exact) mass is 357 g/mol. The highest BCUT2D eigenvalue weighted by Crippen LogP contribution is 2.31. The minimum atomic E-state index is -0.533. The number of benzene rings is 2. The molecule has 0 spiro atoms. The van der Waals surface area contributed by atoms with Crippen molar-refractivity contribution in [3.8, 4) is 0 Å². The average Bonchev–Trinajstić information content (AvgIpc) is 2.97. The minimum absolute atomic E-state index is 0.121. The smallest absolute Gasteiger partial charge is 0.248 e.